The molecule has 3 fully saturated rings. The van der Waals surface area contributed by atoms with Crippen molar-refractivity contribution in [2.24, 2.45) is 27.1 Å². The number of carbonyl (C=O) groups is 10. The molecule has 0 unspecified atom stereocenters. The van der Waals surface area contributed by atoms with Gasteiger partial charge in [-0.05, 0) is 85.0 Å². The third-order valence-electron chi connectivity index (χ3n) is 15.9. The van der Waals surface area contributed by atoms with Crippen LogP contribution in [0.2, 0.25) is 0 Å². The number of aliphatic carboxylic acids is 2. The molecule has 550 valence electrons. The van der Waals surface area contributed by atoms with Gasteiger partial charge in [-0.1, -0.05) is 84.7 Å². The molecule has 105 heavy (non-hydrogen) atoms. The number of amides is 3. The van der Waals surface area contributed by atoms with E-state index >= 15 is 0 Å². The summed E-state index contributed by atoms with van der Waals surface area (Å²) in [5.41, 5.74) is 14.4. The highest BCUT2D eigenvalue weighted by atomic mass is 32.2. The molecule has 5 aromatic rings. The van der Waals surface area contributed by atoms with Crippen molar-refractivity contribution >= 4 is 145 Å². The number of carboxylic acid groups (broad SMARTS) is 2. The smallest absolute Gasteiger partial charge is 0.355 e. The second kappa shape index (κ2) is 35.1. The molecular weight excluding hydrogens is 1460 g/mol. The second-order valence-electron chi connectivity index (χ2n) is 23.9. The van der Waals surface area contributed by atoms with Gasteiger partial charge in [0.25, 0.3) is 5.91 Å². The monoisotopic (exact) mass is 1530 g/mol. The largest absolute Gasteiger partial charge is 0.507 e. The van der Waals surface area contributed by atoms with Crippen LogP contribution in [0.15, 0.2) is 171 Å². The van der Waals surface area contributed by atoms with Gasteiger partial charge in [-0.3, -0.25) is 43.7 Å². The van der Waals surface area contributed by atoms with Gasteiger partial charge in [-0.25, -0.2) is 33.9 Å². The predicted octanol–water partition coefficient (Wildman–Crippen LogP) is 7.30. The quantitative estimate of drug-likeness (QED) is 0.0108. The van der Waals surface area contributed by atoms with Crippen molar-refractivity contribution in [1.29, 1.82) is 0 Å². The number of thioether (sulfide) groups is 3. The van der Waals surface area contributed by atoms with E-state index in [1.54, 1.807) is 102 Å². The van der Waals surface area contributed by atoms with Gasteiger partial charge in [-0.2, -0.15) is 0 Å². The number of nitrogen functional groups attached to an aromatic ring is 2. The van der Waals surface area contributed by atoms with Crippen LogP contribution in [0.4, 0.5) is 10.3 Å². The summed E-state index contributed by atoms with van der Waals surface area (Å²) >= 11 is 6.42. The Bertz CT molecular complexity index is 4460. The number of hydrogen-bond acceptors (Lipinski definition) is 30. The number of carbonyl (C=O) groups excluding carboxylic acids is 8. The van der Waals surface area contributed by atoms with Gasteiger partial charge < -0.3 is 60.1 Å². The molecule has 8 heterocycles. The molecule has 0 aliphatic carbocycles. The number of carboxylic acids is 2. The number of thiazole rings is 2. The number of anilines is 2. The zero-order valence-electron chi connectivity index (χ0n) is 56.9. The second-order valence-corrected chi connectivity index (χ2v) is 29.0. The highest BCUT2D eigenvalue weighted by Gasteiger charge is 2.56. The highest BCUT2D eigenvalue weighted by Crippen LogP contribution is 2.48. The molecule has 3 amide bonds. The van der Waals surface area contributed by atoms with E-state index < -0.39 is 101 Å². The number of aromatic hydroxyl groups is 1. The molecule has 0 bridgehead atoms. The molecule has 3 aromatic carbocycles. The Kier molecular flexibility index (Phi) is 26.1. The fraction of sp³-hybridized carbons (Fsp3) is 0.300. The Morgan fingerprint density at radius 1 is 0.610 bits per heavy atom. The van der Waals surface area contributed by atoms with Gasteiger partial charge in [0, 0.05) is 52.6 Å². The summed E-state index contributed by atoms with van der Waals surface area (Å²) in [6.45, 7) is 15.1. The summed E-state index contributed by atoms with van der Waals surface area (Å²) in [5.74, 6) is -5.50. The SMILES string of the molecule is C=CC1=C(C(=O)O)N2C(=O)[C@@H](CC(=O)/C(=N\OCC(=O)O)c3csc(N)n3)[C@H]2SC1.C=CC1=C(C(=O)OCc2ccc(OC)cc2)N2C(=O)[C@@H](CC(=O)/C(=N\OCC(=O)OC(C)(C)C)c3csc(N)n3)[C@H]2SC1.C=CC1=C(C(=O)OCc2ccc(OC)cc2)N2C(=O)[C@@H](N=Cc3ccccc3O)[C@H]2SC1. The van der Waals surface area contributed by atoms with E-state index in [1.165, 1.54) is 74.2 Å². The number of phenolic OH excluding ortho intramolecular Hbond substituents is 1. The fourth-order valence-corrected chi connectivity index (χ4v) is 16.0. The molecule has 0 radical (unpaired) electrons. The lowest BCUT2D eigenvalue weighted by molar-refractivity contribution is -0.160. The minimum Gasteiger partial charge on any atom is -0.507 e. The lowest BCUT2D eigenvalue weighted by Gasteiger charge is -2.49. The van der Waals surface area contributed by atoms with Crippen molar-refractivity contribution in [2.45, 2.75) is 74.6 Å². The minimum absolute atomic E-state index is 0.00159. The van der Waals surface area contributed by atoms with E-state index in [1.807, 2.05) is 12.1 Å². The number of para-hydroxylation sites is 1. The number of nitrogens with two attached hydrogens (primary N) is 2. The molecular formula is C70H70N10O20S5. The molecule has 11 rings (SSSR count). The van der Waals surface area contributed by atoms with Crippen LogP contribution in [0.25, 0.3) is 0 Å². The van der Waals surface area contributed by atoms with Crippen molar-refractivity contribution in [3.63, 3.8) is 0 Å². The number of β-lactam (4-membered cyclic amide) rings is 3. The number of ether oxygens (including phenoxy) is 5. The third-order valence-corrected chi connectivity index (χ3v) is 21.2. The number of esters is 3. The maximum atomic E-state index is 13.4. The van der Waals surface area contributed by atoms with Crippen molar-refractivity contribution in [3.05, 3.63) is 183 Å². The predicted molar refractivity (Wildman–Crippen MR) is 391 cm³/mol. The number of allylic oxidation sites excluding steroid dienone is 3. The molecule has 35 heteroatoms. The van der Waals surface area contributed by atoms with Crippen LogP contribution in [-0.2, 0) is 85.0 Å². The van der Waals surface area contributed by atoms with Crippen LogP contribution in [0.5, 0.6) is 17.2 Å². The number of fused-ring (bicyclic) bond motifs is 3. The fourth-order valence-electron chi connectivity index (χ4n) is 10.8. The van der Waals surface area contributed by atoms with Gasteiger partial charge in [0.15, 0.2) is 39.3 Å². The Morgan fingerprint density at radius 2 is 1.04 bits per heavy atom. The number of aromatic nitrogens is 2. The van der Waals surface area contributed by atoms with Crippen LogP contribution in [0.3, 0.4) is 0 Å². The molecule has 6 aliphatic rings. The van der Waals surface area contributed by atoms with Crippen LogP contribution in [0, 0.1) is 11.8 Å². The van der Waals surface area contributed by atoms with E-state index in [0.29, 0.717) is 51.0 Å². The van der Waals surface area contributed by atoms with E-state index in [2.05, 4.69) is 49.8 Å². The number of phenols is 1. The Balaban J connectivity index is 0.000000186. The number of methoxy groups -OCH3 is 2. The van der Waals surface area contributed by atoms with E-state index in [4.69, 9.17) is 45.1 Å². The van der Waals surface area contributed by atoms with E-state index in [9.17, 15) is 58.2 Å². The van der Waals surface area contributed by atoms with Crippen LogP contribution in [-0.4, -0.2) is 189 Å². The number of aliphatic imine (C=N–C) groups is 1. The molecule has 30 nitrogen and oxygen atoms in total. The lowest BCUT2D eigenvalue weighted by Crippen LogP contribution is -2.64. The molecule has 7 N–H and O–H groups in total. The van der Waals surface area contributed by atoms with Crippen molar-refractivity contribution in [2.75, 3.05) is 56.2 Å². The van der Waals surface area contributed by atoms with Crippen molar-refractivity contribution in [3.8, 4) is 17.2 Å². The summed E-state index contributed by atoms with van der Waals surface area (Å²) in [4.78, 5) is 152. The molecule has 6 atom stereocenters. The Hall–Kier alpha value is -10.9. The number of benzene rings is 3. The number of rotatable bonds is 28. The summed E-state index contributed by atoms with van der Waals surface area (Å²) in [6.07, 6.45) is 5.50. The average molecular weight is 1530 g/mol. The highest BCUT2D eigenvalue weighted by molar-refractivity contribution is 8.00. The first-order valence-electron chi connectivity index (χ1n) is 31.6. The summed E-state index contributed by atoms with van der Waals surface area (Å²) in [6, 6.07) is 20.4. The van der Waals surface area contributed by atoms with Crippen LogP contribution >= 0.6 is 58.0 Å². The van der Waals surface area contributed by atoms with Gasteiger partial charge >= 0.3 is 29.8 Å². The van der Waals surface area contributed by atoms with Crippen molar-refractivity contribution in [1.82, 2.24) is 24.7 Å². The minimum atomic E-state index is -1.28. The average Bonchev–Trinajstić information content (AvgIpc) is 1.71. The lowest BCUT2D eigenvalue weighted by atomic mass is 9.89. The number of oxime groups is 2. The first-order valence-corrected chi connectivity index (χ1v) is 36.5. The topological polar surface area (TPSA) is 421 Å². The summed E-state index contributed by atoms with van der Waals surface area (Å²) in [7, 11) is 3.14. The maximum Gasteiger partial charge on any atom is 0.355 e. The van der Waals surface area contributed by atoms with Crippen LogP contribution < -0.4 is 20.9 Å². The normalized spacial score (nSPS) is 19.6. The zero-order chi connectivity index (χ0) is 76.0. The standard InChI is InChI=1S/C29H32N4O8S2.C24H22N2O5S.C17H16N4O7S2/c1-6-17-14-42-26-19(25(36)33(26)24(17)27(37)39-12-16-7-9-18(38-5)10-8-16)11-21(34)23(20-15-43-28(30)31-20)32-40-13-22(35)41-29(2,3)4;1-3-16-14-32-23-20(25-12-17-6-4-5-7-19(17)27)22(28)26(23)21(16)24(29)31-13-15-8-10-18(30-2)11-9-15;1-2-7-5-29-15-8(14(25)21(15)13(7)16(26)27)3-10(22)12(20-28-4-11(23)24)9-6-30-17(18)19-9/h6-10,15,19,26H,1,11-14H2,2-5H3,(H2,30,31);3-12,20,23,27H,1,13-14H2,2H3;2,6,8,15H,1,3-5H2,(H2,18,19)(H,23,24)(H,26,27)/b32-23-;;20-12-/t19-,26-;20-,23-;8-,15-/m111/s1. The Morgan fingerprint density at radius 3 is 1.45 bits per heavy atom. The van der Waals surface area contributed by atoms with Gasteiger partial charge in [0.2, 0.25) is 25.0 Å². The number of hydrogen-bond donors (Lipinski definition) is 5. The first kappa shape index (κ1) is 78.3. The molecule has 3 saturated heterocycles. The maximum absolute atomic E-state index is 13.4. The summed E-state index contributed by atoms with van der Waals surface area (Å²) in [5, 5.41) is 37.5. The molecule has 2 aromatic heterocycles. The number of Topliss-reactive ketones (excluding diaryl/α,β-unsaturated/α-hetero) is 2. The Labute approximate surface area is 621 Å². The van der Waals surface area contributed by atoms with E-state index in [-0.39, 0.29) is 93.3 Å². The van der Waals surface area contributed by atoms with Crippen molar-refractivity contribution < 1.29 is 96.6 Å². The van der Waals surface area contributed by atoms with Gasteiger partial charge in [0.05, 0.1) is 36.8 Å². The molecule has 6 aliphatic heterocycles. The number of nitrogens with zero attached hydrogens (tertiary/aromatic N) is 8. The van der Waals surface area contributed by atoms with Crippen LogP contribution in [0.1, 0.15) is 61.7 Å². The van der Waals surface area contributed by atoms with E-state index in [0.717, 1.165) is 38.7 Å². The van der Waals surface area contributed by atoms with Gasteiger partial charge in [-0.15, -0.1) is 58.0 Å². The van der Waals surface area contributed by atoms with Gasteiger partial charge in [0.1, 0.15) is 69.9 Å². The number of ketones is 2. The third kappa shape index (κ3) is 18.7. The first-order chi connectivity index (χ1) is 50.2. The zero-order valence-corrected chi connectivity index (χ0v) is 61.0. The summed E-state index contributed by atoms with van der Waals surface area (Å²) < 4.78 is 26.5. The molecule has 0 spiro atoms. The molecule has 0 saturated carbocycles.